The summed E-state index contributed by atoms with van der Waals surface area (Å²) in [4.78, 5) is 18.8. The first-order valence-electron chi connectivity index (χ1n) is 12.6. The van der Waals surface area contributed by atoms with E-state index in [9.17, 15) is 18.7 Å². The molecule has 0 spiro atoms. The van der Waals surface area contributed by atoms with E-state index in [1.807, 2.05) is 0 Å². The molecule has 0 bridgehead atoms. The maximum absolute atomic E-state index is 14.6. The number of fused-ring (bicyclic) bond motifs is 1. The third-order valence-electron chi connectivity index (χ3n) is 5.10. The number of likely N-dealkylation sites (tertiary alicyclic amines) is 1. The van der Waals surface area contributed by atoms with Gasteiger partial charge in [-0.3, -0.25) is 0 Å². The predicted molar refractivity (Wildman–Crippen MR) is 110 cm³/mol. The number of aromatic nitrogens is 3. The number of carbonyl (C=O) groups excluding carboxylic acids is 1. The minimum Gasteiger partial charge on any atom is -0.391 e. The Morgan fingerprint density at radius 1 is 1.26 bits per heavy atom. The summed E-state index contributed by atoms with van der Waals surface area (Å²) < 4.78 is 78.5. The predicted octanol–water partition coefficient (Wildman–Crippen LogP) is 2.95. The number of urea groups is 1. The number of anilines is 2. The van der Waals surface area contributed by atoms with E-state index >= 15 is 0 Å². The number of halogens is 2. The third-order valence-corrected chi connectivity index (χ3v) is 5.10. The van der Waals surface area contributed by atoms with Gasteiger partial charge in [0, 0.05) is 36.7 Å². The lowest BCUT2D eigenvalue weighted by Crippen LogP contribution is -2.33. The van der Waals surface area contributed by atoms with Gasteiger partial charge in [-0.25, -0.2) is 23.1 Å². The molecular formula is C21H22F2N6O2. The first-order chi connectivity index (χ1) is 17.2. The van der Waals surface area contributed by atoms with E-state index in [1.54, 1.807) is 0 Å². The van der Waals surface area contributed by atoms with Gasteiger partial charge in [0.25, 0.3) is 0 Å². The van der Waals surface area contributed by atoms with Crippen LogP contribution in [0.5, 0.6) is 0 Å². The van der Waals surface area contributed by atoms with Gasteiger partial charge in [-0.1, -0.05) is 0 Å². The number of aliphatic hydroxyl groups is 1. The Bertz CT molecular complexity index is 1390. The summed E-state index contributed by atoms with van der Waals surface area (Å²) in [5.74, 6) is -1.30. The summed E-state index contributed by atoms with van der Waals surface area (Å²) >= 11 is 0. The van der Waals surface area contributed by atoms with Crippen molar-refractivity contribution >= 4 is 23.2 Å². The molecule has 2 aromatic heterocycles. The van der Waals surface area contributed by atoms with E-state index in [2.05, 4.69) is 15.4 Å². The van der Waals surface area contributed by atoms with Gasteiger partial charge in [0.1, 0.15) is 23.1 Å². The number of nitrogens with zero attached hydrogens (tertiary/aromatic N) is 5. The Labute approximate surface area is 185 Å². The smallest absolute Gasteiger partial charge is 0.322 e. The first kappa shape index (κ1) is 13.9. The molecule has 8 nitrogen and oxygen atoms in total. The summed E-state index contributed by atoms with van der Waals surface area (Å²) in [5.41, 5.74) is -0.0388. The van der Waals surface area contributed by atoms with Gasteiger partial charge >= 0.3 is 6.03 Å². The van der Waals surface area contributed by atoms with Gasteiger partial charge in [0.05, 0.1) is 21.1 Å². The van der Waals surface area contributed by atoms with Crippen molar-refractivity contribution in [2.75, 3.05) is 29.7 Å². The molecule has 162 valence electrons. The highest BCUT2D eigenvalue weighted by Crippen LogP contribution is 2.37. The molecule has 5 rings (SSSR count). The Kier molecular flexibility index (Phi) is 3.49. The van der Waals surface area contributed by atoms with Crippen LogP contribution >= 0.6 is 0 Å². The number of hydrogen-bond acceptors (Lipinski definition) is 5. The van der Waals surface area contributed by atoms with Crippen LogP contribution in [0.15, 0.2) is 36.7 Å². The molecule has 1 aromatic carbocycles. The van der Waals surface area contributed by atoms with Crippen LogP contribution in [0.4, 0.5) is 25.1 Å². The topological polar surface area (TPSA) is 86.0 Å². The van der Waals surface area contributed by atoms with Crippen LogP contribution < -0.4 is 10.2 Å². The van der Waals surface area contributed by atoms with Crippen LogP contribution in [0.25, 0.3) is 5.65 Å². The summed E-state index contributed by atoms with van der Waals surface area (Å²) in [7, 11) is 0. The van der Waals surface area contributed by atoms with Crippen molar-refractivity contribution in [2.24, 2.45) is 0 Å². The fourth-order valence-electron chi connectivity index (χ4n) is 3.67. The second-order valence-electron chi connectivity index (χ2n) is 7.13. The van der Waals surface area contributed by atoms with E-state index in [0.29, 0.717) is 0 Å². The van der Waals surface area contributed by atoms with Gasteiger partial charge in [0.15, 0.2) is 5.65 Å². The molecule has 0 saturated carbocycles. The average Bonchev–Trinajstić information content (AvgIpc) is 3.38. The van der Waals surface area contributed by atoms with E-state index < -0.39 is 55.7 Å². The molecule has 2 amide bonds. The zero-order valence-corrected chi connectivity index (χ0v) is 16.1. The molecule has 0 unspecified atom stereocenters. The van der Waals surface area contributed by atoms with Crippen LogP contribution in [-0.2, 0) is 0 Å². The average molecular weight is 434 g/mol. The lowest BCUT2D eigenvalue weighted by molar-refractivity contribution is 0.176. The largest absolute Gasteiger partial charge is 0.391 e. The Balaban J connectivity index is 1.51. The van der Waals surface area contributed by atoms with E-state index in [1.165, 1.54) is 27.9 Å². The monoisotopic (exact) mass is 434 g/mol. The van der Waals surface area contributed by atoms with Gasteiger partial charge in [-0.15, -0.1) is 0 Å². The molecule has 0 radical (unpaired) electrons. The number of aliphatic hydroxyl groups excluding tert-OH is 1. The van der Waals surface area contributed by atoms with Crippen molar-refractivity contribution in [3.63, 3.8) is 0 Å². The number of hydrogen-bond donors (Lipinski definition) is 2. The Morgan fingerprint density at radius 3 is 2.94 bits per heavy atom. The lowest BCUT2D eigenvalue weighted by Gasteiger charge is -2.26. The van der Waals surface area contributed by atoms with Gasteiger partial charge in [-0.05, 0) is 43.5 Å². The number of benzene rings is 1. The van der Waals surface area contributed by atoms with Crippen LogP contribution in [0, 0.1) is 11.6 Å². The molecule has 2 aliphatic heterocycles. The normalized spacial score (nSPS) is 29.0. The number of β-amino-alcohol motifs (C(OH)–C–C–N with tert-alkyl or cyclic N) is 1. The maximum Gasteiger partial charge on any atom is 0.322 e. The first-order valence-corrected chi connectivity index (χ1v) is 9.60. The van der Waals surface area contributed by atoms with Crippen molar-refractivity contribution in [1.29, 1.82) is 0 Å². The van der Waals surface area contributed by atoms with E-state index in [4.69, 9.17) is 8.22 Å². The quantitative estimate of drug-likeness (QED) is 0.662. The van der Waals surface area contributed by atoms with Crippen molar-refractivity contribution < 1.29 is 26.9 Å². The van der Waals surface area contributed by atoms with Crippen molar-refractivity contribution in [3.8, 4) is 0 Å². The molecule has 2 fully saturated rings. The van der Waals surface area contributed by atoms with Crippen molar-refractivity contribution in [2.45, 2.75) is 31.4 Å². The highest BCUT2D eigenvalue weighted by atomic mass is 19.1. The minimum atomic E-state index is -2.68. The molecule has 4 heterocycles. The number of amides is 2. The second-order valence-corrected chi connectivity index (χ2v) is 7.13. The molecule has 2 aliphatic rings. The highest BCUT2D eigenvalue weighted by Gasteiger charge is 2.30. The lowest BCUT2D eigenvalue weighted by atomic mass is 10.0. The van der Waals surface area contributed by atoms with Gasteiger partial charge in [0.2, 0.25) is 0 Å². The molecule has 2 atom stereocenters. The highest BCUT2D eigenvalue weighted by molar-refractivity contribution is 5.93. The molecule has 3 aromatic rings. The molecular weight excluding hydrogens is 406 g/mol. The van der Waals surface area contributed by atoms with Gasteiger partial charge in [-0.2, -0.15) is 5.10 Å². The fourth-order valence-corrected chi connectivity index (χ4v) is 3.67. The van der Waals surface area contributed by atoms with Crippen LogP contribution in [0.3, 0.4) is 0 Å². The van der Waals surface area contributed by atoms with Crippen molar-refractivity contribution in [3.05, 3.63) is 53.9 Å². The zero-order valence-electron chi connectivity index (χ0n) is 22.1. The third kappa shape index (κ3) is 3.67. The number of nitrogens with one attached hydrogen (secondary N) is 1. The zero-order chi connectivity index (χ0) is 26.9. The summed E-state index contributed by atoms with van der Waals surface area (Å²) in [5, 5.41) is 16.3. The summed E-state index contributed by atoms with van der Waals surface area (Å²) in [6.45, 7) is -7.11. The SMILES string of the molecule is [2H]C1([2H])CC[C@H](c2cc(F)ccc2F)N1c1ccn2ncc(NC(=O)N3C([2H])([2H])C[C@H](O)C3([2H])[2H])c2n1. The Morgan fingerprint density at radius 2 is 2.13 bits per heavy atom. The molecule has 0 aliphatic carbocycles. The molecule has 10 heteroatoms. The van der Waals surface area contributed by atoms with Crippen LogP contribution in [0.2, 0.25) is 0 Å². The van der Waals surface area contributed by atoms with E-state index in [-0.39, 0.29) is 40.5 Å². The number of carbonyl (C=O) groups is 1. The van der Waals surface area contributed by atoms with E-state index in [0.717, 1.165) is 18.2 Å². The molecule has 31 heavy (non-hydrogen) atoms. The molecule has 2 saturated heterocycles. The van der Waals surface area contributed by atoms with Crippen molar-refractivity contribution in [1.82, 2.24) is 19.5 Å². The van der Waals surface area contributed by atoms with Gasteiger partial charge < -0.3 is 20.2 Å². The maximum atomic E-state index is 14.6. The Hall–Kier alpha value is -3.27. The van der Waals surface area contributed by atoms with Crippen LogP contribution in [-0.4, -0.2) is 56.2 Å². The summed E-state index contributed by atoms with van der Waals surface area (Å²) in [6.07, 6.45) is 0.477. The molecule has 2 N–H and O–H groups in total. The fraction of sp³-hybridized carbons (Fsp3) is 0.381. The minimum absolute atomic E-state index is 0.0186. The summed E-state index contributed by atoms with van der Waals surface area (Å²) in [6, 6.07) is 2.36. The number of rotatable bonds is 3. The van der Waals surface area contributed by atoms with Crippen LogP contribution in [0.1, 0.15) is 39.1 Å². The standard InChI is InChI=1S/C21H22F2N6O2/c22-13-3-4-16(23)15(10-13)18-2-1-7-28(18)19-6-9-29-20(26-19)17(11-24-29)25-21(31)27-8-5-14(30)12-27/h3-4,6,9-11,14,18,30H,1-2,5,7-8,12H2,(H,25,31)/t14-,18+/m0/s1/i7D2,8D2,12D2. The second kappa shape index (κ2) is 7.77.